The first-order chi connectivity index (χ1) is 15.9. The quantitative estimate of drug-likeness (QED) is 0.195. The number of carbonyl (C=O) groups is 1. The maximum Gasteiger partial charge on any atom is 0.416 e. The van der Waals surface area contributed by atoms with E-state index < -0.39 is 44.6 Å². The molecule has 0 amide bonds. The highest BCUT2D eigenvalue weighted by Gasteiger charge is 2.37. The second-order valence-corrected chi connectivity index (χ2v) is 7.45. The van der Waals surface area contributed by atoms with E-state index in [0.29, 0.717) is 5.56 Å². The molecular formula is C19H13F3N4O7S. The number of ether oxygens (including phenoxy) is 1. The summed E-state index contributed by atoms with van der Waals surface area (Å²) < 4.78 is 49.4. The molecule has 0 saturated carbocycles. The number of anilines is 1. The lowest BCUT2D eigenvalue weighted by Crippen LogP contribution is -2.10. The minimum atomic E-state index is -5.04. The van der Waals surface area contributed by atoms with E-state index in [1.807, 2.05) is 0 Å². The van der Waals surface area contributed by atoms with Crippen LogP contribution in [0.5, 0.6) is 0 Å². The Balaban J connectivity index is 1.98. The number of esters is 1. The van der Waals surface area contributed by atoms with E-state index >= 15 is 0 Å². The molecule has 11 nitrogen and oxygen atoms in total. The van der Waals surface area contributed by atoms with Gasteiger partial charge in [0.05, 0.1) is 22.5 Å². The average molecular weight is 498 g/mol. The van der Waals surface area contributed by atoms with Gasteiger partial charge < -0.3 is 9.15 Å². The summed E-state index contributed by atoms with van der Waals surface area (Å²) in [4.78, 5) is 32.4. The van der Waals surface area contributed by atoms with Crippen LogP contribution in [0, 0.1) is 20.2 Å². The van der Waals surface area contributed by atoms with Gasteiger partial charge in [-0.15, -0.1) is 11.3 Å². The number of hydrogen-bond donors (Lipinski definition) is 1. The number of nitrogens with one attached hydrogen (secondary N) is 1. The molecule has 1 aromatic carbocycles. The molecule has 178 valence electrons. The molecule has 3 aromatic rings. The van der Waals surface area contributed by atoms with E-state index in [-0.39, 0.29) is 34.2 Å². The molecule has 0 atom stereocenters. The summed E-state index contributed by atoms with van der Waals surface area (Å²) in [5.74, 6) is -0.170. The first kappa shape index (κ1) is 24.4. The lowest BCUT2D eigenvalue weighted by Gasteiger charge is -2.09. The summed E-state index contributed by atoms with van der Waals surface area (Å²) >= 11 is 1.13. The Morgan fingerprint density at radius 3 is 2.29 bits per heavy atom. The molecule has 0 saturated heterocycles. The monoisotopic (exact) mass is 498 g/mol. The Labute approximate surface area is 191 Å². The van der Waals surface area contributed by atoms with Gasteiger partial charge in [0.15, 0.2) is 5.76 Å². The van der Waals surface area contributed by atoms with Crippen molar-refractivity contribution in [1.29, 1.82) is 0 Å². The summed E-state index contributed by atoms with van der Waals surface area (Å²) in [5, 5.41) is 28.1. The minimum Gasteiger partial charge on any atom is -0.465 e. The fourth-order valence-electron chi connectivity index (χ4n) is 2.80. The highest BCUT2D eigenvalue weighted by Crippen LogP contribution is 2.41. The summed E-state index contributed by atoms with van der Waals surface area (Å²) in [6, 6.07) is 4.96. The third kappa shape index (κ3) is 4.88. The summed E-state index contributed by atoms with van der Waals surface area (Å²) in [5.41, 5.74) is -2.14. The normalized spacial score (nSPS) is 11.9. The number of alkyl halides is 3. The van der Waals surface area contributed by atoms with E-state index in [4.69, 9.17) is 9.15 Å². The fraction of sp³-hybridized carbons (Fsp3) is 0.158. The van der Waals surface area contributed by atoms with E-state index in [1.165, 1.54) is 26.2 Å². The number of rotatable bonds is 7. The van der Waals surface area contributed by atoms with Gasteiger partial charge >= 0.3 is 23.5 Å². The molecule has 0 aliphatic rings. The molecule has 15 heteroatoms. The van der Waals surface area contributed by atoms with Crippen LogP contribution in [0.3, 0.4) is 0 Å². The van der Waals surface area contributed by atoms with Crippen LogP contribution < -0.4 is 5.43 Å². The topological polar surface area (TPSA) is 150 Å². The largest absolute Gasteiger partial charge is 0.465 e. The van der Waals surface area contributed by atoms with Crippen molar-refractivity contribution in [2.75, 3.05) is 12.5 Å². The molecule has 0 spiro atoms. The fourth-order valence-corrected chi connectivity index (χ4v) is 3.62. The number of benzene rings is 1. The Bertz CT molecular complexity index is 1280. The Kier molecular flexibility index (Phi) is 6.67. The van der Waals surface area contributed by atoms with E-state index in [9.17, 15) is 38.2 Å². The maximum atomic E-state index is 13.0. The molecule has 3 rings (SSSR count). The van der Waals surface area contributed by atoms with Crippen molar-refractivity contribution in [3.63, 3.8) is 0 Å². The van der Waals surface area contributed by atoms with Gasteiger partial charge in [0, 0.05) is 17.7 Å². The number of methoxy groups -OCH3 is 1. The zero-order chi connectivity index (χ0) is 25.2. The van der Waals surface area contributed by atoms with Crippen LogP contribution >= 0.6 is 11.3 Å². The third-order valence-corrected chi connectivity index (χ3v) is 5.31. The summed E-state index contributed by atoms with van der Waals surface area (Å²) in [6.07, 6.45) is -5.04. The molecule has 0 radical (unpaired) electrons. The van der Waals surface area contributed by atoms with E-state index in [1.54, 1.807) is 11.4 Å². The molecule has 0 aliphatic heterocycles. The molecule has 0 bridgehead atoms. The number of nitrogens with zero attached hydrogens (tertiary/aromatic N) is 3. The number of nitro groups is 2. The van der Waals surface area contributed by atoms with Crippen LogP contribution in [0.15, 0.2) is 45.2 Å². The van der Waals surface area contributed by atoms with Gasteiger partial charge in [-0.1, -0.05) is 0 Å². The van der Waals surface area contributed by atoms with E-state index in [2.05, 4.69) is 10.5 Å². The number of furan rings is 1. The molecule has 0 unspecified atom stereocenters. The van der Waals surface area contributed by atoms with Crippen LogP contribution in [0.25, 0.3) is 11.3 Å². The standard InChI is InChI=1S/C19H13F3N4O7S/c1-9(14-3-4-15(33-14)11-5-6-34-17(11)18(27)32-2)23-24-16-12(25(28)29)7-10(19(20,21)22)8-13(16)26(30)31/h3-8,24H,1-2H3/b23-9+. The highest BCUT2D eigenvalue weighted by molar-refractivity contribution is 7.12. The predicted octanol–water partition coefficient (Wildman–Crippen LogP) is 5.47. The molecule has 1 N–H and O–H groups in total. The molecule has 2 heterocycles. The van der Waals surface area contributed by atoms with Crippen molar-refractivity contribution in [3.8, 4) is 11.3 Å². The smallest absolute Gasteiger partial charge is 0.416 e. The Morgan fingerprint density at radius 1 is 1.15 bits per heavy atom. The molecular weight excluding hydrogens is 485 g/mol. The Hall–Kier alpha value is -4.27. The van der Waals surface area contributed by atoms with Gasteiger partial charge in [-0.25, -0.2) is 4.79 Å². The van der Waals surface area contributed by atoms with Crippen LogP contribution in [0.4, 0.5) is 30.2 Å². The summed E-state index contributed by atoms with van der Waals surface area (Å²) in [7, 11) is 1.22. The Morgan fingerprint density at radius 2 is 1.76 bits per heavy atom. The van der Waals surface area contributed by atoms with Crippen molar-refractivity contribution in [2.45, 2.75) is 13.1 Å². The lowest BCUT2D eigenvalue weighted by atomic mass is 10.1. The van der Waals surface area contributed by atoms with Crippen molar-refractivity contribution in [1.82, 2.24) is 0 Å². The number of halogens is 3. The van der Waals surface area contributed by atoms with Gasteiger partial charge in [0.2, 0.25) is 5.69 Å². The van der Waals surface area contributed by atoms with Gasteiger partial charge in [-0.3, -0.25) is 25.7 Å². The van der Waals surface area contributed by atoms with Crippen LogP contribution in [-0.2, 0) is 10.9 Å². The summed E-state index contributed by atoms with van der Waals surface area (Å²) in [6.45, 7) is 1.40. The maximum absolute atomic E-state index is 13.0. The van der Waals surface area contributed by atoms with Crippen LogP contribution in [0.2, 0.25) is 0 Å². The molecule has 0 fully saturated rings. The first-order valence-corrected chi connectivity index (χ1v) is 9.92. The zero-order valence-corrected chi connectivity index (χ0v) is 18.0. The van der Waals surface area contributed by atoms with Crippen molar-refractivity contribution in [2.24, 2.45) is 5.10 Å². The van der Waals surface area contributed by atoms with Crippen molar-refractivity contribution in [3.05, 3.63) is 72.1 Å². The lowest BCUT2D eigenvalue weighted by molar-refractivity contribution is -0.392. The predicted molar refractivity (Wildman–Crippen MR) is 114 cm³/mol. The van der Waals surface area contributed by atoms with Gasteiger partial charge in [-0.2, -0.15) is 18.3 Å². The number of hydrogen-bond acceptors (Lipinski definition) is 10. The second kappa shape index (κ2) is 9.30. The van der Waals surface area contributed by atoms with Crippen molar-refractivity contribution < 1.29 is 37.0 Å². The average Bonchev–Trinajstić information content (AvgIpc) is 3.44. The number of thiophene rings is 1. The molecule has 0 aliphatic carbocycles. The number of nitro benzene ring substituents is 2. The van der Waals surface area contributed by atoms with Gasteiger partial charge in [0.1, 0.15) is 16.3 Å². The van der Waals surface area contributed by atoms with Crippen molar-refractivity contribution >= 4 is 40.1 Å². The minimum absolute atomic E-state index is 0.0598. The SMILES string of the molecule is COC(=O)c1sccc1-c1ccc(/C(C)=N/Nc2c([N+](=O)[O-])cc(C(F)(F)F)cc2[N+](=O)[O-])o1. The van der Waals surface area contributed by atoms with Gasteiger partial charge in [-0.05, 0) is 30.5 Å². The number of carbonyl (C=O) groups excluding carboxylic acids is 1. The third-order valence-electron chi connectivity index (χ3n) is 4.42. The van der Waals surface area contributed by atoms with Crippen LogP contribution in [-0.4, -0.2) is 28.6 Å². The highest BCUT2D eigenvalue weighted by atomic mass is 32.1. The van der Waals surface area contributed by atoms with Gasteiger partial charge in [0.25, 0.3) is 0 Å². The number of hydrazone groups is 1. The van der Waals surface area contributed by atoms with E-state index in [0.717, 1.165) is 11.3 Å². The molecule has 2 aromatic heterocycles. The van der Waals surface area contributed by atoms with Crippen LogP contribution in [0.1, 0.15) is 27.9 Å². The molecule has 34 heavy (non-hydrogen) atoms. The second-order valence-electron chi connectivity index (χ2n) is 6.53. The first-order valence-electron chi connectivity index (χ1n) is 9.04. The zero-order valence-electron chi connectivity index (χ0n) is 17.2.